The molecule has 2 rings (SSSR count). The average Bonchev–Trinajstić information content (AvgIpc) is 2.44. The standard InChI is InChI=1S/C17H21NO2/c1-12(2)16(11-19)18-17(20)10-13-7-8-14-5-3-4-6-15(14)9-13/h3-9,12,16,19H,10-11H2,1-2H3,(H,18,20). The second-order valence-corrected chi connectivity index (χ2v) is 5.46. The van der Waals surface area contributed by atoms with Crippen molar-refractivity contribution in [2.75, 3.05) is 6.61 Å². The van der Waals surface area contributed by atoms with Crippen LogP contribution in [0.1, 0.15) is 19.4 Å². The average molecular weight is 271 g/mol. The lowest BCUT2D eigenvalue weighted by Crippen LogP contribution is -2.41. The van der Waals surface area contributed by atoms with Crippen LogP contribution in [0, 0.1) is 5.92 Å². The van der Waals surface area contributed by atoms with Crippen LogP contribution in [0.2, 0.25) is 0 Å². The van der Waals surface area contributed by atoms with Crippen molar-refractivity contribution in [3.05, 3.63) is 48.0 Å². The molecule has 20 heavy (non-hydrogen) atoms. The first-order chi connectivity index (χ1) is 9.60. The van der Waals surface area contributed by atoms with Crippen molar-refractivity contribution >= 4 is 16.7 Å². The van der Waals surface area contributed by atoms with E-state index in [9.17, 15) is 9.90 Å². The number of hydrogen-bond acceptors (Lipinski definition) is 2. The molecule has 0 saturated heterocycles. The van der Waals surface area contributed by atoms with Gasteiger partial charge in [0.2, 0.25) is 5.91 Å². The third-order valence-electron chi connectivity index (χ3n) is 3.53. The predicted octanol–water partition coefficient (Wildman–Crippen LogP) is 2.52. The summed E-state index contributed by atoms with van der Waals surface area (Å²) in [7, 11) is 0. The lowest BCUT2D eigenvalue weighted by molar-refractivity contribution is -0.121. The van der Waals surface area contributed by atoms with E-state index in [1.54, 1.807) is 0 Å². The Bertz CT molecular complexity index is 592. The Hall–Kier alpha value is -1.87. The summed E-state index contributed by atoms with van der Waals surface area (Å²) in [6.07, 6.45) is 0.341. The summed E-state index contributed by atoms with van der Waals surface area (Å²) in [5.41, 5.74) is 0.988. The van der Waals surface area contributed by atoms with E-state index in [0.717, 1.165) is 10.9 Å². The van der Waals surface area contributed by atoms with Gasteiger partial charge in [-0.05, 0) is 22.3 Å². The SMILES string of the molecule is CC(C)C(CO)NC(=O)Cc1ccc2ccccc2c1. The molecule has 0 aliphatic heterocycles. The minimum atomic E-state index is -0.178. The van der Waals surface area contributed by atoms with Gasteiger partial charge in [-0.2, -0.15) is 0 Å². The van der Waals surface area contributed by atoms with Gasteiger partial charge in [-0.3, -0.25) is 4.79 Å². The number of benzene rings is 2. The number of aliphatic hydroxyl groups is 1. The molecule has 0 aliphatic carbocycles. The zero-order valence-corrected chi connectivity index (χ0v) is 12.0. The highest BCUT2D eigenvalue weighted by molar-refractivity contribution is 5.85. The number of carbonyl (C=O) groups excluding carboxylic acids is 1. The monoisotopic (exact) mass is 271 g/mol. The maximum Gasteiger partial charge on any atom is 0.224 e. The smallest absolute Gasteiger partial charge is 0.224 e. The number of hydrogen-bond donors (Lipinski definition) is 2. The van der Waals surface area contributed by atoms with Crippen LogP contribution < -0.4 is 5.32 Å². The van der Waals surface area contributed by atoms with E-state index in [-0.39, 0.29) is 24.5 Å². The molecule has 2 aromatic carbocycles. The largest absolute Gasteiger partial charge is 0.394 e. The number of aliphatic hydroxyl groups excluding tert-OH is 1. The normalized spacial score (nSPS) is 12.6. The summed E-state index contributed by atoms with van der Waals surface area (Å²) in [5.74, 6) is 0.175. The summed E-state index contributed by atoms with van der Waals surface area (Å²) in [6, 6.07) is 14.0. The van der Waals surface area contributed by atoms with Gasteiger partial charge in [-0.1, -0.05) is 56.3 Å². The minimum Gasteiger partial charge on any atom is -0.394 e. The Morgan fingerprint density at radius 3 is 2.50 bits per heavy atom. The summed E-state index contributed by atoms with van der Waals surface area (Å²) in [5, 5.41) is 14.4. The Morgan fingerprint density at radius 1 is 1.15 bits per heavy atom. The first-order valence-corrected chi connectivity index (χ1v) is 6.98. The highest BCUT2D eigenvalue weighted by Gasteiger charge is 2.15. The molecular weight excluding hydrogens is 250 g/mol. The van der Waals surface area contributed by atoms with Crippen LogP contribution >= 0.6 is 0 Å². The van der Waals surface area contributed by atoms with Crippen LogP contribution in [0.3, 0.4) is 0 Å². The van der Waals surface area contributed by atoms with Gasteiger partial charge in [0.05, 0.1) is 19.1 Å². The molecule has 0 aliphatic rings. The molecular formula is C17H21NO2. The number of nitrogens with one attached hydrogen (secondary N) is 1. The van der Waals surface area contributed by atoms with Crippen molar-refractivity contribution in [2.45, 2.75) is 26.3 Å². The molecule has 0 bridgehead atoms. The summed E-state index contributed by atoms with van der Waals surface area (Å²) in [6.45, 7) is 3.94. The van der Waals surface area contributed by atoms with Crippen LogP contribution in [-0.4, -0.2) is 23.7 Å². The minimum absolute atomic E-state index is 0.0267. The van der Waals surface area contributed by atoms with Gasteiger partial charge in [-0.25, -0.2) is 0 Å². The van der Waals surface area contributed by atoms with Gasteiger partial charge in [0, 0.05) is 0 Å². The fourth-order valence-electron chi connectivity index (χ4n) is 2.22. The van der Waals surface area contributed by atoms with Gasteiger partial charge in [0.25, 0.3) is 0 Å². The highest BCUT2D eigenvalue weighted by Crippen LogP contribution is 2.16. The van der Waals surface area contributed by atoms with E-state index in [0.29, 0.717) is 6.42 Å². The first-order valence-electron chi connectivity index (χ1n) is 6.98. The third-order valence-corrected chi connectivity index (χ3v) is 3.53. The summed E-state index contributed by atoms with van der Waals surface area (Å²) >= 11 is 0. The molecule has 106 valence electrons. The molecule has 3 heteroatoms. The lowest BCUT2D eigenvalue weighted by atomic mass is 10.0. The maximum atomic E-state index is 12.0. The molecule has 0 radical (unpaired) electrons. The number of fused-ring (bicyclic) bond motifs is 1. The molecule has 0 spiro atoms. The molecule has 0 aromatic heterocycles. The Labute approximate surface area is 119 Å². The van der Waals surface area contributed by atoms with Gasteiger partial charge < -0.3 is 10.4 Å². The summed E-state index contributed by atoms with van der Waals surface area (Å²) < 4.78 is 0. The molecule has 3 nitrogen and oxygen atoms in total. The lowest BCUT2D eigenvalue weighted by Gasteiger charge is -2.19. The molecule has 2 aromatic rings. The Balaban J connectivity index is 2.06. The van der Waals surface area contributed by atoms with Crippen molar-refractivity contribution in [1.82, 2.24) is 5.32 Å². The van der Waals surface area contributed by atoms with E-state index >= 15 is 0 Å². The van der Waals surface area contributed by atoms with Crippen molar-refractivity contribution in [3.8, 4) is 0 Å². The van der Waals surface area contributed by atoms with Gasteiger partial charge >= 0.3 is 0 Å². The number of carbonyl (C=O) groups is 1. The van der Waals surface area contributed by atoms with Gasteiger partial charge in [0.1, 0.15) is 0 Å². The Kier molecular flexibility index (Phi) is 4.74. The van der Waals surface area contributed by atoms with Crippen molar-refractivity contribution in [3.63, 3.8) is 0 Å². The topological polar surface area (TPSA) is 49.3 Å². The highest BCUT2D eigenvalue weighted by atomic mass is 16.3. The van der Waals surface area contributed by atoms with Crippen LogP contribution in [0.4, 0.5) is 0 Å². The molecule has 0 fully saturated rings. The second kappa shape index (κ2) is 6.53. The molecule has 1 amide bonds. The molecule has 1 atom stereocenters. The molecule has 1 unspecified atom stereocenters. The zero-order chi connectivity index (χ0) is 14.5. The second-order valence-electron chi connectivity index (χ2n) is 5.46. The van der Waals surface area contributed by atoms with E-state index in [4.69, 9.17) is 0 Å². The zero-order valence-electron chi connectivity index (χ0n) is 12.0. The molecule has 0 saturated carbocycles. The molecule has 0 heterocycles. The Morgan fingerprint density at radius 2 is 1.85 bits per heavy atom. The van der Waals surface area contributed by atoms with Crippen molar-refractivity contribution < 1.29 is 9.90 Å². The van der Waals surface area contributed by atoms with Crippen LogP contribution in [0.15, 0.2) is 42.5 Å². The summed E-state index contributed by atoms with van der Waals surface area (Å²) in [4.78, 5) is 12.0. The quantitative estimate of drug-likeness (QED) is 0.878. The third kappa shape index (κ3) is 3.58. The molecule has 2 N–H and O–H groups in total. The van der Waals surface area contributed by atoms with Crippen LogP contribution in [0.5, 0.6) is 0 Å². The van der Waals surface area contributed by atoms with E-state index < -0.39 is 0 Å². The first kappa shape index (κ1) is 14.5. The number of amides is 1. The number of rotatable bonds is 5. The fourth-order valence-corrected chi connectivity index (χ4v) is 2.22. The van der Waals surface area contributed by atoms with Gasteiger partial charge in [0.15, 0.2) is 0 Å². The maximum absolute atomic E-state index is 12.0. The van der Waals surface area contributed by atoms with E-state index in [1.165, 1.54) is 5.39 Å². The van der Waals surface area contributed by atoms with Gasteiger partial charge in [-0.15, -0.1) is 0 Å². The van der Waals surface area contributed by atoms with E-state index in [2.05, 4.69) is 11.4 Å². The van der Waals surface area contributed by atoms with Crippen LogP contribution in [-0.2, 0) is 11.2 Å². The van der Waals surface area contributed by atoms with Crippen LogP contribution in [0.25, 0.3) is 10.8 Å². The van der Waals surface area contributed by atoms with E-state index in [1.807, 2.05) is 50.2 Å². The van der Waals surface area contributed by atoms with Crippen molar-refractivity contribution in [2.24, 2.45) is 5.92 Å². The predicted molar refractivity (Wildman–Crippen MR) is 81.5 cm³/mol. The fraction of sp³-hybridized carbons (Fsp3) is 0.353. The van der Waals surface area contributed by atoms with Crippen molar-refractivity contribution in [1.29, 1.82) is 0 Å².